The fourth-order valence-corrected chi connectivity index (χ4v) is 2.32. The number of rotatable bonds is 5. The lowest BCUT2D eigenvalue weighted by molar-refractivity contribution is -0.384. The number of hydrogen-bond acceptors (Lipinski definition) is 6. The minimum Gasteiger partial charge on any atom is -0.423 e. The first-order valence-corrected chi connectivity index (χ1v) is 6.59. The topological polar surface area (TPSA) is 90.4 Å². The predicted octanol–water partition coefficient (Wildman–Crippen LogP) is 2.72. The minimum atomic E-state index is -0.451. The van der Waals surface area contributed by atoms with Crippen molar-refractivity contribution in [3.8, 4) is 0 Å². The summed E-state index contributed by atoms with van der Waals surface area (Å²) >= 11 is 0. The highest BCUT2D eigenvalue weighted by atomic mass is 16.6. The molecule has 1 N–H and O–H groups in total. The maximum absolute atomic E-state index is 10.7. The number of oxazole rings is 1. The molecule has 7 nitrogen and oxygen atoms in total. The summed E-state index contributed by atoms with van der Waals surface area (Å²) in [6.45, 7) is 2.71. The van der Waals surface area contributed by atoms with Gasteiger partial charge in [0.1, 0.15) is 5.52 Å². The molecule has 0 spiro atoms. The number of nitrogens with one attached hydrogen (secondary N) is 1. The van der Waals surface area contributed by atoms with Crippen LogP contribution in [0.5, 0.6) is 0 Å². The van der Waals surface area contributed by atoms with Crippen LogP contribution in [-0.2, 0) is 4.74 Å². The van der Waals surface area contributed by atoms with Crippen molar-refractivity contribution in [3.63, 3.8) is 0 Å². The van der Waals surface area contributed by atoms with Gasteiger partial charge >= 0.3 is 0 Å². The normalized spacial score (nSPS) is 21.6. The highest BCUT2D eigenvalue weighted by molar-refractivity contribution is 5.77. The molecule has 0 saturated heterocycles. The van der Waals surface area contributed by atoms with Gasteiger partial charge in [-0.3, -0.25) is 10.1 Å². The maximum Gasteiger partial charge on any atom is 0.295 e. The van der Waals surface area contributed by atoms with E-state index in [0.717, 1.165) is 19.4 Å². The first kappa shape index (κ1) is 12.9. The zero-order valence-corrected chi connectivity index (χ0v) is 11.0. The smallest absolute Gasteiger partial charge is 0.295 e. The van der Waals surface area contributed by atoms with Gasteiger partial charge in [0.2, 0.25) is 0 Å². The number of anilines is 1. The Bertz CT molecular complexity index is 634. The van der Waals surface area contributed by atoms with Crippen molar-refractivity contribution in [2.45, 2.75) is 31.9 Å². The Kier molecular flexibility index (Phi) is 3.27. The Labute approximate surface area is 115 Å². The molecule has 7 heteroatoms. The van der Waals surface area contributed by atoms with E-state index in [0.29, 0.717) is 23.2 Å². The molecule has 0 radical (unpaired) electrons. The van der Waals surface area contributed by atoms with Gasteiger partial charge in [-0.15, -0.1) is 0 Å². The van der Waals surface area contributed by atoms with E-state index in [4.69, 9.17) is 9.15 Å². The third-order valence-electron chi connectivity index (χ3n) is 3.41. The molecule has 1 fully saturated rings. The van der Waals surface area contributed by atoms with Crippen LogP contribution in [0.15, 0.2) is 22.6 Å². The molecular formula is C13H15N3O4. The number of fused-ring (bicyclic) bond motifs is 1. The molecule has 0 bridgehead atoms. The Morgan fingerprint density at radius 2 is 2.35 bits per heavy atom. The molecule has 3 rings (SSSR count). The molecule has 2 aromatic rings. The molecule has 1 aliphatic rings. The summed E-state index contributed by atoms with van der Waals surface area (Å²) in [5.74, 6) is 0. The molecule has 1 aromatic carbocycles. The van der Waals surface area contributed by atoms with E-state index in [1.54, 1.807) is 6.07 Å². The standard InChI is InChI=1S/C13H15N3O4/c1-2-19-10-5-8(6-10)14-13-15-11-4-3-9(16(17)18)7-12(11)20-13/h3-4,7-8,10H,2,5-6H2,1H3,(H,14,15). The largest absolute Gasteiger partial charge is 0.423 e. The summed E-state index contributed by atoms with van der Waals surface area (Å²) in [5, 5.41) is 13.9. The fourth-order valence-electron chi connectivity index (χ4n) is 2.32. The second-order valence-electron chi connectivity index (χ2n) is 4.82. The number of hydrogen-bond donors (Lipinski definition) is 1. The van der Waals surface area contributed by atoms with Crippen molar-refractivity contribution in [2.75, 3.05) is 11.9 Å². The average Bonchev–Trinajstić information content (AvgIpc) is 2.77. The number of ether oxygens (including phenoxy) is 1. The zero-order valence-electron chi connectivity index (χ0n) is 11.0. The van der Waals surface area contributed by atoms with Gasteiger partial charge in [0.15, 0.2) is 5.58 Å². The maximum atomic E-state index is 10.7. The number of aromatic nitrogens is 1. The Balaban J connectivity index is 1.69. The van der Waals surface area contributed by atoms with Crippen LogP contribution in [0, 0.1) is 10.1 Å². The second-order valence-corrected chi connectivity index (χ2v) is 4.82. The highest BCUT2D eigenvalue weighted by Crippen LogP contribution is 2.29. The monoisotopic (exact) mass is 277 g/mol. The van der Waals surface area contributed by atoms with Crippen LogP contribution in [0.3, 0.4) is 0 Å². The molecule has 1 aliphatic carbocycles. The van der Waals surface area contributed by atoms with Crippen molar-refractivity contribution in [1.29, 1.82) is 0 Å². The molecular weight excluding hydrogens is 262 g/mol. The molecule has 0 aliphatic heterocycles. The number of nitro benzene ring substituents is 1. The van der Waals surface area contributed by atoms with Crippen LogP contribution in [-0.4, -0.2) is 28.7 Å². The summed E-state index contributed by atoms with van der Waals surface area (Å²) < 4.78 is 11.0. The van der Waals surface area contributed by atoms with Gasteiger partial charge in [-0.25, -0.2) is 0 Å². The number of non-ortho nitro benzene ring substituents is 1. The Morgan fingerprint density at radius 3 is 3.05 bits per heavy atom. The average molecular weight is 277 g/mol. The molecule has 1 aromatic heterocycles. The van der Waals surface area contributed by atoms with Gasteiger partial charge in [0.05, 0.1) is 17.1 Å². The van der Waals surface area contributed by atoms with Gasteiger partial charge < -0.3 is 14.5 Å². The lowest BCUT2D eigenvalue weighted by Gasteiger charge is -2.34. The summed E-state index contributed by atoms with van der Waals surface area (Å²) in [4.78, 5) is 14.5. The van der Waals surface area contributed by atoms with E-state index in [1.165, 1.54) is 12.1 Å². The number of nitro groups is 1. The van der Waals surface area contributed by atoms with Crippen LogP contribution in [0.4, 0.5) is 11.7 Å². The third-order valence-corrected chi connectivity index (χ3v) is 3.41. The van der Waals surface area contributed by atoms with E-state index < -0.39 is 4.92 Å². The van der Waals surface area contributed by atoms with E-state index >= 15 is 0 Å². The summed E-state index contributed by atoms with van der Waals surface area (Å²) in [6, 6.07) is 5.08. The number of benzene rings is 1. The van der Waals surface area contributed by atoms with Crippen LogP contribution in [0.2, 0.25) is 0 Å². The number of nitrogens with zero attached hydrogens (tertiary/aromatic N) is 2. The minimum absolute atomic E-state index is 0.000235. The van der Waals surface area contributed by atoms with E-state index in [-0.39, 0.29) is 11.7 Å². The molecule has 0 amide bonds. The van der Waals surface area contributed by atoms with Gasteiger partial charge in [0, 0.05) is 18.7 Å². The lowest BCUT2D eigenvalue weighted by Crippen LogP contribution is -2.40. The van der Waals surface area contributed by atoms with Crippen molar-refractivity contribution in [1.82, 2.24) is 4.98 Å². The van der Waals surface area contributed by atoms with Crippen LogP contribution < -0.4 is 5.32 Å². The molecule has 20 heavy (non-hydrogen) atoms. The molecule has 1 saturated carbocycles. The van der Waals surface area contributed by atoms with E-state index in [2.05, 4.69) is 10.3 Å². The summed E-state index contributed by atoms with van der Waals surface area (Å²) in [6.07, 6.45) is 2.15. The van der Waals surface area contributed by atoms with Gasteiger partial charge in [0.25, 0.3) is 11.7 Å². The van der Waals surface area contributed by atoms with E-state index in [1.807, 2.05) is 6.92 Å². The Morgan fingerprint density at radius 1 is 1.55 bits per heavy atom. The van der Waals surface area contributed by atoms with Crippen molar-refractivity contribution in [3.05, 3.63) is 28.3 Å². The predicted molar refractivity (Wildman–Crippen MR) is 72.7 cm³/mol. The SMILES string of the molecule is CCOC1CC(Nc2nc3ccc([N+](=O)[O-])cc3o2)C1. The van der Waals surface area contributed by atoms with Gasteiger partial charge in [-0.1, -0.05) is 0 Å². The van der Waals surface area contributed by atoms with Crippen molar-refractivity contribution >= 4 is 22.8 Å². The van der Waals surface area contributed by atoms with E-state index in [9.17, 15) is 10.1 Å². The molecule has 0 unspecified atom stereocenters. The first-order chi connectivity index (χ1) is 9.65. The second kappa shape index (κ2) is 5.09. The third kappa shape index (κ3) is 2.44. The molecule has 106 valence electrons. The van der Waals surface area contributed by atoms with Gasteiger partial charge in [-0.2, -0.15) is 4.98 Å². The summed E-state index contributed by atoms with van der Waals surface area (Å²) in [7, 11) is 0. The zero-order chi connectivity index (χ0) is 14.1. The molecule has 1 heterocycles. The quantitative estimate of drug-likeness (QED) is 0.667. The van der Waals surface area contributed by atoms with Crippen LogP contribution in [0.25, 0.3) is 11.1 Å². The van der Waals surface area contributed by atoms with Gasteiger partial charge in [-0.05, 0) is 25.8 Å². The van der Waals surface area contributed by atoms with Crippen LogP contribution >= 0.6 is 0 Å². The van der Waals surface area contributed by atoms with Crippen LogP contribution in [0.1, 0.15) is 19.8 Å². The summed E-state index contributed by atoms with van der Waals surface area (Å²) in [5.41, 5.74) is 1.03. The van der Waals surface area contributed by atoms with Crippen molar-refractivity contribution in [2.24, 2.45) is 0 Å². The highest BCUT2D eigenvalue weighted by Gasteiger charge is 2.30. The lowest BCUT2D eigenvalue weighted by atomic mass is 9.89. The fraction of sp³-hybridized carbons (Fsp3) is 0.462. The molecule has 0 atom stereocenters. The Hall–Kier alpha value is -2.15. The van der Waals surface area contributed by atoms with Crippen molar-refractivity contribution < 1.29 is 14.1 Å². The first-order valence-electron chi connectivity index (χ1n) is 6.59.